The molecule has 4 aromatic rings. The fourth-order valence-electron chi connectivity index (χ4n) is 4.13. The van der Waals surface area contributed by atoms with Crippen LogP contribution < -0.4 is 5.32 Å². The number of pyridine rings is 1. The normalized spacial score (nSPS) is 10.8. The quantitative estimate of drug-likeness (QED) is 0.202. The fourth-order valence-corrected chi connectivity index (χ4v) is 4.53. The number of aliphatic carboxylic acids is 1. The van der Waals surface area contributed by atoms with E-state index in [0.717, 1.165) is 44.1 Å². The van der Waals surface area contributed by atoms with Crippen molar-refractivity contribution in [3.63, 3.8) is 0 Å². The maximum absolute atomic E-state index is 12.3. The SMILES string of the molecule is Cc1cc(Cl)ccc1-c1ccc(NCc2ccc(Cl)cc2-c2ccc(C(=O)CCCC(=O)O)nc2)cc1. The van der Waals surface area contributed by atoms with Crippen molar-refractivity contribution in [3.8, 4) is 22.3 Å². The van der Waals surface area contributed by atoms with Crippen molar-refractivity contribution in [1.29, 1.82) is 0 Å². The van der Waals surface area contributed by atoms with E-state index in [4.69, 9.17) is 28.3 Å². The molecule has 37 heavy (non-hydrogen) atoms. The molecule has 7 heteroatoms. The van der Waals surface area contributed by atoms with E-state index in [0.29, 0.717) is 23.7 Å². The van der Waals surface area contributed by atoms with E-state index in [-0.39, 0.29) is 18.6 Å². The zero-order valence-corrected chi connectivity index (χ0v) is 21.8. The molecule has 1 heterocycles. The zero-order chi connectivity index (χ0) is 26.4. The maximum atomic E-state index is 12.3. The Kier molecular flexibility index (Phi) is 8.59. The molecular weight excluding hydrogens is 507 g/mol. The number of carbonyl (C=O) groups is 2. The van der Waals surface area contributed by atoms with Gasteiger partial charge in [0.15, 0.2) is 5.78 Å². The molecule has 188 valence electrons. The number of rotatable bonds is 10. The summed E-state index contributed by atoms with van der Waals surface area (Å²) in [7, 11) is 0. The largest absolute Gasteiger partial charge is 0.481 e. The molecule has 4 rings (SSSR count). The molecular formula is C30H26Cl2N2O3. The Labute approximate surface area is 226 Å². The van der Waals surface area contributed by atoms with E-state index in [1.165, 1.54) is 0 Å². The lowest BCUT2D eigenvalue weighted by Crippen LogP contribution is -2.04. The third-order valence-electron chi connectivity index (χ3n) is 6.09. The van der Waals surface area contributed by atoms with Crippen LogP contribution in [0.1, 0.15) is 40.9 Å². The summed E-state index contributed by atoms with van der Waals surface area (Å²) in [6, 6.07) is 23.4. The number of benzene rings is 3. The molecule has 3 aromatic carbocycles. The first-order chi connectivity index (χ1) is 17.8. The third kappa shape index (κ3) is 6.97. The van der Waals surface area contributed by atoms with Crippen molar-refractivity contribution in [2.24, 2.45) is 0 Å². The molecule has 1 aromatic heterocycles. The summed E-state index contributed by atoms with van der Waals surface area (Å²) in [4.78, 5) is 27.3. The van der Waals surface area contributed by atoms with Crippen molar-refractivity contribution in [2.75, 3.05) is 5.32 Å². The summed E-state index contributed by atoms with van der Waals surface area (Å²) in [5.74, 6) is -1.08. The summed E-state index contributed by atoms with van der Waals surface area (Å²) in [6.07, 6.45) is 2.07. The third-order valence-corrected chi connectivity index (χ3v) is 6.56. The van der Waals surface area contributed by atoms with Gasteiger partial charge in [-0.1, -0.05) is 53.5 Å². The Hall–Kier alpha value is -3.67. The number of anilines is 1. The lowest BCUT2D eigenvalue weighted by atomic mass is 9.99. The average Bonchev–Trinajstić information content (AvgIpc) is 2.88. The first-order valence-corrected chi connectivity index (χ1v) is 12.7. The molecule has 2 N–H and O–H groups in total. The standard InChI is InChI=1S/C30H26Cl2N2O3/c1-19-15-23(31)10-13-26(19)20-6-11-25(12-7-20)33-17-21-5-9-24(32)16-27(21)22-8-14-28(34-18-22)29(35)3-2-4-30(36)37/h5-16,18,33H,2-4,17H2,1H3,(H,36,37). The zero-order valence-electron chi connectivity index (χ0n) is 20.3. The average molecular weight is 533 g/mol. The number of carboxylic acids is 1. The topological polar surface area (TPSA) is 79.3 Å². The van der Waals surface area contributed by atoms with Gasteiger partial charge in [-0.15, -0.1) is 0 Å². The summed E-state index contributed by atoms with van der Waals surface area (Å²) in [5, 5.41) is 13.6. The number of nitrogens with one attached hydrogen (secondary N) is 1. The van der Waals surface area contributed by atoms with Gasteiger partial charge in [-0.3, -0.25) is 14.6 Å². The number of Topliss-reactive ketones (excluding diaryl/α,β-unsaturated/α-hetero) is 1. The van der Waals surface area contributed by atoms with Gasteiger partial charge in [0.1, 0.15) is 5.69 Å². The minimum Gasteiger partial charge on any atom is -0.481 e. The van der Waals surface area contributed by atoms with E-state index < -0.39 is 5.97 Å². The first kappa shape index (κ1) is 26.4. The molecule has 0 saturated heterocycles. The number of carboxylic acid groups (broad SMARTS) is 1. The van der Waals surface area contributed by atoms with E-state index in [9.17, 15) is 9.59 Å². The van der Waals surface area contributed by atoms with E-state index in [1.807, 2.05) is 61.5 Å². The highest BCUT2D eigenvalue weighted by atomic mass is 35.5. The lowest BCUT2D eigenvalue weighted by molar-refractivity contribution is -0.137. The molecule has 0 atom stereocenters. The molecule has 0 aliphatic carbocycles. The van der Waals surface area contributed by atoms with Gasteiger partial charge in [-0.05, 0) is 83.6 Å². The number of nitrogens with zero attached hydrogens (tertiary/aromatic N) is 1. The van der Waals surface area contributed by atoms with Crippen LogP contribution in [0.3, 0.4) is 0 Å². The number of hydrogen-bond acceptors (Lipinski definition) is 4. The molecule has 0 fully saturated rings. The van der Waals surface area contributed by atoms with Gasteiger partial charge in [0.25, 0.3) is 0 Å². The highest BCUT2D eigenvalue weighted by molar-refractivity contribution is 6.31. The van der Waals surface area contributed by atoms with Crippen LogP contribution in [0.5, 0.6) is 0 Å². The predicted molar refractivity (Wildman–Crippen MR) is 149 cm³/mol. The minimum absolute atomic E-state index is 0.0355. The molecule has 0 saturated carbocycles. The van der Waals surface area contributed by atoms with Crippen LogP contribution in [0.15, 0.2) is 79.0 Å². The summed E-state index contributed by atoms with van der Waals surface area (Å²) < 4.78 is 0. The Morgan fingerprint density at radius 3 is 2.22 bits per heavy atom. The second-order valence-electron chi connectivity index (χ2n) is 8.79. The number of halogens is 2. The first-order valence-electron chi connectivity index (χ1n) is 11.9. The van der Waals surface area contributed by atoms with Crippen LogP contribution in [-0.2, 0) is 11.3 Å². The number of carbonyl (C=O) groups excluding carboxylic acids is 1. The van der Waals surface area contributed by atoms with E-state index >= 15 is 0 Å². The van der Waals surface area contributed by atoms with Gasteiger partial charge >= 0.3 is 5.97 Å². The van der Waals surface area contributed by atoms with Gasteiger partial charge in [0.05, 0.1) is 0 Å². The van der Waals surface area contributed by atoms with Crippen LogP contribution in [-0.4, -0.2) is 21.8 Å². The Balaban J connectivity index is 1.46. The number of aromatic nitrogens is 1. The summed E-state index contributed by atoms with van der Waals surface area (Å²) in [6.45, 7) is 2.62. The summed E-state index contributed by atoms with van der Waals surface area (Å²) in [5.41, 5.74) is 7.50. The number of aryl methyl sites for hydroxylation is 1. The Morgan fingerprint density at radius 1 is 0.838 bits per heavy atom. The van der Waals surface area contributed by atoms with Gasteiger partial charge < -0.3 is 10.4 Å². The Bertz CT molecular complexity index is 1420. The van der Waals surface area contributed by atoms with Crippen LogP contribution in [0.4, 0.5) is 5.69 Å². The second-order valence-corrected chi connectivity index (χ2v) is 9.67. The fraction of sp³-hybridized carbons (Fsp3) is 0.167. The molecule has 0 radical (unpaired) electrons. The number of ketones is 1. The van der Waals surface area contributed by atoms with Crippen molar-refractivity contribution < 1.29 is 14.7 Å². The van der Waals surface area contributed by atoms with E-state index in [1.54, 1.807) is 12.3 Å². The molecule has 0 unspecified atom stereocenters. The van der Waals surface area contributed by atoms with Crippen molar-refractivity contribution in [1.82, 2.24) is 4.98 Å². The molecule has 5 nitrogen and oxygen atoms in total. The molecule has 0 aliphatic heterocycles. The predicted octanol–water partition coefficient (Wildman–Crippen LogP) is 8.08. The molecule has 0 aliphatic rings. The Morgan fingerprint density at radius 2 is 1.54 bits per heavy atom. The van der Waals surface area contributed by atoms with Gasteiger partial charge in [0, 0.05) is 46.9 Å². The van der Waals surface area contributed by atoms with Crippen molar-refractivity contribution in [2.45, 2.75) is 32.7 Å². The smallest absolute Gasteiger partial charge is 0.303 e. The lowest BCUT2D eigenvalue weighted by Gasteiger charge is -2.13. The summed E-state index contributed by atoms with van der Waals surface area (Å²) >= 11 is 12.4. The second kappa shape index (κ2) is 12.0. The van der Waals surface area contributed by atoms with Crippen LogP contribution in [0.2, 0.25) is 10.0 Å². The molecule has 0 spiro atoms. The van der Waals surface area contributed by atoms with Crippen LogP contribution in [0, 0.1) is 6.92 Å². The molecule has 0 bridgehead atoms. The van der Waals surface area contributed by atoms with Gasteiger partial charge in [-0.25, -0.2) is 0 Å². The van der Waals surface area contributed by atoms with Gasteiger partial charge in [-0.2, -0.15) is 0 Å². The van der Waals surface area contributed by atoms with Crippen LogP contribution in [0.25, 0.3) is 22.3 Å². The molecule has 0 amide bonds. The monoisotopic (exact) mass is 532 g/mol. The van der Waals surface area contributed by atoms with Gasteiger partial charge in [0.2, 0.25) is 0 Å². The maximum Gasteiger partial charge on any atom is 0.303 e. The minimum atomic E-state index is -0.911. The van der Waals surface area contributed by atoms with E-state index in [2.05, 4.69) is 22.4 Å². The highest BCUT2D eigenvalue weighted by Gasteiger charge is 2.12. The van der Waals surface area contributed by atoms with Crippen LogP contribution >= 0.6 is 23.2 Å². The van der Waals surface area contributed by atoms with Crippen molar-refractivity contribution in [3.05, 3.63) is 106 Å². The van der Waals surface area contributed by atoms with Crippen molar-refractivity contribution >= 4 is 40.6 Å². The highest BCUT2D eigenvalue weighted by Crippen LogP contribution is 2.29. The number of hydrogen-bond donors (Lipinski definition) is 2.